The predicted octanol–water partition coefficient (Wildman–Crippen LogP) is 3.91. The summed E-state index contributed by atoms with van der Waals surface area (Å²) in [5, 5.41) is 8.89. The van der Waals surface area contributed by atoms with Crippen molar-refractivity contribution in [2.24, 2.45) is 5.92 Å². The van der Waals surface area contributed by atoms with Gasteiger partial charge in [-0.3, -0.25) is 9.51 Å². The molecule has 2 aliphatic rings. The fourth-order valence-corrected chi connectivity index (χ4v) is 4.71. The van der Waals surface area contributed by atoms with Gasteiger partial charge in [-0.2, -0.15) is 0 Å². The highest BCUT2D eigenvalue weighted by Crippen LogP contribution is 2.37. The fraction of sp³-hybridized carbons (Fsp3) is 0.391. The Labute approximate surface area is 179 Å². The maximum absolute atomic E-state index is 12.6. The maximum Gasteiger partial charge on any atom is 0.352 e. The molecular weight excluding hydrogens is 399 g/mol. The molecule has 8 heteroatoms. The van der Waals surface area contributed by atoms with Gasteiger partial charge in [0.1, 0.15) is 17.8 Å². The zero-order valence-corrected chi connectivity index (χ0v) is 17.0. The first-order valence-electron chi connectivity index (χ1n) is 10.7. The van der Waals surface area contributed by atoms with Crippen LogP contribution in [0, 0.1) is 5.92 Å². The lowest BCUT2D eigenvalue weighted by Crippen LogP contribution is -2.25. The van der Waals surface area contributed by atoms with Gasteiger partial charge in [0, 0.05) is 29.1 Å². The molecule has 3 aromatic rings. The van der Waals surface area contributed by atoms with Gasteiger partial charge in [0.2, 0.25) is 5.88 Å². The Balaban J connectivity index is 1.39. The maximum atomic E-state index is 12.6. The lowest BCUT2D eigenvalue weighted by Gasteiger charge is -2.28. The summed E-state index contributed by atoms with van der Waals surface area (Å²) in [4.78, 5) is 19.8. The molecular formula is C23H23FN4O3. The second kappa shape index (κ2) is 8.45. The molecule has 7 nitrogen and oxygen atoms in total. The number of benzene rings is 1. The van der Waals surface area contributed by atoms with Gasteiger partial charge in [0.25, 0.3) is 0 Å². The number of para-hydroxylation sites is 1. The second-order valence-corrected chi connectivity index (χ2v) is 8.20. The Hall–Kier alpha value is -3.29. The first-order chi connectivity index (χ1) is 15.2. The number of aromatic nitrogens is 4. The molecule has 0 saturated heterocycles. The van der Waals surface area contributed by atoms with Gasteiger partial charge in [-0.1, -0.05) is 24.3 Å². The molecule has 0 spiro atoms. The number of ether oxygens (including phenoxy) is 1. The third-order valence-electron chi connectivity index (χ3n) is 6.26. The van der Waals surface area contributed by atoms with Crippen LogP contribution in [0.1, 0.15) is 48.8 Å². The van der Waals surface area contributed by atoms with Crippen molar-refractivity contribution in [3.8, 4) is 11.6 Å². The van der Waals surface area contributed by atoms with Crippen LogP contribution in [0.15, 0.2) is 48.7 Å². The highest BCUT2D eigenvalue weighted by atomic mass is 19.3. The normalized spacial score (nSPS) is 22.7. The number of nitrogens with zero attached hydrogens (tertiary/aromatic N) is 4. The van der Waals surface area contributed by atoms with Gasteiger partial charge < -0.3 is 4.74 Å². The average molecular weight is 422 g/mol. The third-order valence-corrected chi connectivity index (χ3v) is 6.26. The van der Waals surface area contributed by atoms with Crippen LogP contribution in [0.5, 0.6) is 5.88 Å². The van der Waals surface area contributed by atoms with Gasteiger partial charge >= 0.3 is 5.97 Å². The molecule has 1 unspecified atom stereocenters. The van der Waals surface area contributed by atoms with Gasteiger partial charge in [0.05, 0.1) is 11.6 Å². The van der Waals surface area contributed by atoms with E-state index in [1.54, 1.807) is 6.20 Å². The first-order valence-corrected chi connectivity index (χ1v) is 10.7. The highest BCUT2D eigenvalue weighted by Gasteiger charge is 2.34. The van der Waals surface area contributed by atoms with E-state index in [9.17, 15) is 9.32 Å². The van der Waals surface area contributed by atoms with E-state index < -0.39 is 11.9 Å². The average Bonchev–Trinajstić information content (AvgIpc) is 3.15. The molecule has 1 fully saturated rings. The van der Waals surface area contributed by atoms with Gasteiger partial charge in [-0.05, 0) is 49.8 Å². The van der Waals surface area contributed by atoms with Crippen LogP contribution in [0.2, 0.25) is 0 Å². The molecule has 1 aliphatic heterocycles. The first kappa shape index (κ1) is 19.7. The predicted molar refractivity (Wildman–Crippen MR) is 109 cm³/mol. The van der Waals surface area contributed by atoms with Crippen LogP contribution in [0.25, 0.3) is 5.69 Å². The summed E-state index contributed by atoms with van der Waals surface area (Å²) >= 11 is 0. The molecule has 2 aromatic heterocycles. The Morgan fingerprint density at radius 3 is 2.58 bits per heavy atom. The van der Waals surface area contributed by atoms with Crippen LogP contribution in [-0.2, 0) is 22.6 Å². The van der Waals surface area contributed by atoms with Crippen molar-refractivity contribution in [1.82, 2.24) is 19.7 Å². The molecule has 0 bridgehead atoms. The van der Waals surface area contributed by atoms with Crippen LogP contribution in [-0.4, -0.2) is 31.8 Å². The summed E-state index contributed by atoms with van der Waals surface area (Å²) < 4.78 is 20.7. The number of fused-ring (bicyclic) bond motifs is 3. The number of carbonyl (C=O) groups excluding carboxylic acids is 1. The molecule has 1 saturated carbocycles. The molecule has 0 amide bonds. The largest absolute Gasteiger partial charge is 0.474 e. The minimum Gasteiger partial charge on any atom is -0.474 e. The molecule has 1 atom stereocenters. The lowest BCUT2D eigenvalue weighted by atomic mass is 9.86. The standard InChI is InChI=1S/C23H23FN4O3/c24-31-23(29)17-13-16-5-1-2-6-19(16)28-20(14-17)26-27-22(28)15-8-10-18(11-9-15)30-21-7-3-4-12-25-21/h1-7,12,15,17-18H,8-11,13-14H2/t15-,17?,18-. The van der Waals surface area contributed by atoms with Crippen LogP contribution >= 0.6 is 0 Å². The molecule has 1 aliphatic carbocycles. The van der Waals surface area contributed by atoms with Crippen LogP contribution in [0.3, 0.4) is 0 Å². The van der Waals surface area contributed by atoms with Crippen LogP contribution < -0.4 is 4.74 Å². The zero-order chi connectivity index (χ0) is 21.2. The quantitative estimate of drug-likeness (QED) is 0.634. The molecule has 31 heavy (non-hydrogen) atoms. The van der Waals surface area contributed by atoms with Gasteiger partial charge in [-0.15, -0.1) is 10.2 Å². The van der Waals surface area contributed by atoms with E-state index in [4.69, 9.17) is 4.74 Å². The molecule has 160 valence electrons. The van der Waals surface area contributed by atoms with Crippen molar-refractivity contribution < 1.29 is 19.0 Å². The van der Waals surface area contributed by atoms with Gasteiger partial charge in [-0.25, -0.2) is 9.78 Å². The van der Waals surface area contributed by atoms with Crippen molar-refractivity contribution in [3.63, 3.8) is 0 Å². The second-order valence-electron chi connectivity index (χ2n) is 8.20. The lowest BCUT2D eigenvalue weighted by molar-refractivity contribution is -0.189. The van der Waals surface area contributed by atoms with Crippen molar-refractivity contribution >= 4 is 5.97 Å². The molecule has 0 radical (unpaired) electrons. The Kier molecular flexibility index (Phi) is 5.36. The van der Waals surface area contributed by atoms with Crippen molar-refractivity contribution in [3.05, 3.63) is 65.9 Å². The van der Waals surface area contributed by atoms with Crippen molar-refractivity contribution in [1.29, 1.82) is 0 Å². The molecule has 0 N–H and O–H groups in total. The van der Waals surface area contributed by atoms with Crippen molar-refractivity contribution in [2.75, 3.05) is 0 Å². The Bertz CT molecular complexity index is 1060. The molecule has 3 heterocycles. The topological polar surface area (TPSA) is 79.1 Å². The summed E-state index contributed by atoms with van der Waals surface area (Å²) in [6, 6.07) is 13.5. The van der Waals surface area contributed by atoms with Crippen molar-refractivity contribution in [2.45, 2.75) is 50.5 Å². The highest BCUT2D eigenvalue weighted by molar-refractivity contribution is 5.73. The smallest absolute Gasteiger partial charge is 0.352 e. The summed E-state index contributed by atoms with van der Waals surface area (Å²) in [5.74, 6) is 0.978. The summed E-state index contributed by atoms with van der Waals surface area (Å²) in [7, 11) is 0. The van der Waals surface area contributed by atoms with Crippen LogP contribution in [0.4, 0.5) is 4.53 Å². The SMILES string of the molecule is O=C(OF)C1Cc2ccccc2-n2c(nnc2[C@H]2CC[C@H](Oc3ccccn3)CC2)C1. The van der Waals surface area contributed by atoms with E-state index in [0.717, 1.165) is 42.8 Å². The van der Waals surface area contributed by atoms with E-state index in [2.05, 4.69) is 24.7 Å². The van der Waals surface area contributed by atoms with E-state index in [0.29, 0.717) is 24.5 Å². The van der Waals surface area contributed by atoms with E-state index in [1.165, 1.54) is 0 Å². The molecule has 5 rings (SSSR count). The Morgan fingerprint density at radius 2 is 1.81 bits per heavy atom. The summed E-state index contributed by atoms with van der Waals surface area (Å²) in [6.07, 6.45) is 6.23. The number of rotatable bonds is 4. The number of halogens is 1. The monoisotopic (exact) mass is 422 g/mol. The van der Waals surface area contributed by atoms with E-state index >= 15 is 0 Å². The minimum absolute atomic E-state index is 0.133. The van der Waals surface area contributed by atoms with Gasteiger partial charge in [0.15, 0.2) is 0 Å². The number of hydrogen-bond acceptors (Lipinski definition) is 6. The third kappa shape index (κ3) is 3.89. The summed E-state index contributed by atoms with van der Waals surface area (Å²) in [5.41, 5.74) is 1.92. The molecule has 1 aromatic carbocycles. The van der Waals surface area contributed by atoms with E-state index in [1.807, 2.05) is 42.5 Å². The number of carbonyl (C=O) groups is 1. The fourth-order valence-electron chi connectivity index (χ4n) is 4.71. The minimum atomic E-state index is -0.861. The number of pyridine rings is 1. The Morgan fingerprint density at radius 1 is 1.00 bits per heavy atom. The zero-order valence-electron chi connectivity index (χ0n) is 17.0. The summed E-state index contributed by atoms with van der Waals surface area (Å²) in [6.45, 7) is 0. The van der Waals surface area contributed by atoms with E-state index in [-0.39, 0.29) is 12.0 Å². The number of hydrogen-bond donors (Lipinski definition) is 0.